The molecular formula is C21H22N2O5S. The first-order chi connectivity index (χ1) is 13.7. The fourth-order valence-electron chi connectivity index (χ4n) is 2.76. The number of thioether (sulfide) groups is 1. The third kappa shape index (κ3) is 4.89. The Morgan fingerprint density at radius 3 is 2.45 bits per heavy atom. The first-order valence-electron chi connectivity index (χ1n) is 8.97. The predicted molar refractivity (Wildman–Crippen MR) is 111 cm³/mol. The van der Waals surface area contributed by atoms with Gasteiger partial charge in [0.2, 0.25) is 0 Å². The van der Waals surface area contributed by atoms with Crippen molar-refractivity contribution in [1.82, 2.24) is 9.47 Å². The van der Waals surface area contributed by atoms with E-state index in [-0.39, 0.29) is 4.91 Å². The van der Waals surface area contributed by atoms with E-state index in [1.165, 1.54) is 0 Å². The van der Waals surface area contributed by atoms with Crippen molar-refractivity contribution in [1.29, 1.82) is 0 Å². The Kier molecular flexibility index (Phi) is 5.83. The number of hydrogen-bond acceptors (Lipinski definition) is 6. The maximum atomic E-state index is 12.7. The summed E-state index contributed by atoms with van der Waals surface area (Å²) in [5.74, 6) is -0.387. The lowest BCUT2D eigenvalue weighted by Crippen LogP contribution is -2.37. The summed E-state index contributed by atoms with van der Waals surface area (Å²) in [6, 6.07) is 11.2. The first kappa shape index (κ1) is 20.7. The van der Waals surface area contributed by atoms with E-state index in [0.717, 1.165) is 33.8 Å². The molecule has 1 aliphatic rings. The normalized spacial score (nSPS) is 15.9. The van der Waals surface area contributed by atoms with Gasteiger partial charge in [0.1, 0.15) is 17.9 Å². The Labute approximate surface area is 173 Å². The summed E-state index contributed by atoms with van der Waals surface area (Å²) in [5, 5.41) is -0.491. The van der Waals surface area contributed by atoms with Gasteiger partial charge in [0, 0.05) is 17.6 Å². The lowest BCUT2D eigenvalue weighted by molar-refractivity contribution is -0.156. The monoisotopic (exact) mass is 414 g/mol. The zero-order valence-corrected chi connectivity index (χ0v) is 17.5. The van der Waals surface area contributed by atoms with Crippen LogP contribution < -0.4 is 4.74 Å². The van der Waals surface area contributed by atoms with Gasteiger partial charge in [0.15, 0.2) is 0 Å². The second-order valence-electron chi connectivity index (χ2n) is 7.36. The second kappa shape index (κ2) is 8.16. The Balaban J connectivity index is 1.80. The van der Waals surface area contributed by atoms with E-state index in [2.05, 4.69) is 0 Å². The molecule has 0 N–H and O–H groups in total. The Morgan fingerprint density at radius 1 is 1.14 bits per heavy atom. The fourth-order valence-corrected chi connectivity index (χ4v) is 3.59. The van der Waals surface area contributed by atoms with Gasteiger partial charge in [-0.1, -0.05) is 0 Å². The number of imide groups is 1. The van der Waals surface area contributed by atoms with Crippen molar-refractivity contribution in [3.63, 3.8) is 0 Å². The summed E-state index contributed by atoms with van der Waals surface area (Å²) in [6.45, 7) is 4.78. The molecule has 3 rings (SSSR count). The molecule has 1 fully saturated rings. The minimum absolute atomic E-state index is 0.257. The van der Waals surface area contributed by atoms with Crippen molar-refractivity contribution in [2.45, 2.75) is 26.4 Å². The van der Waals surface area contributed by atoms with Gasteiger partial charge in [-0.2, -0.15) is 0 Å². The lowest BCUT2D eigenvalue weighted by Gasteiger charge is -2.21. The Hall–Kier alpha value is -3.00. The number of ether oxygens (including phenoxy) is 2. The van der Waals surface area contributed by atoms with E-state index < -0.39 is 29.3 Å². The third-order valence-corrected chi connectivity index (χ3v) is 4.90. The molecule has 29 heavy (non-hydrogen) atoms. The van der Waals surface area contributed by atoms with Gasteiger partial charge >= 0.3 is 5.97 Å². The molecule has 2 aromatic rings. The van der Waals surface area contributed by atoms with Crippen LogP contribution in [0.3, 0.4) is 0 Å². The summed E-state index contributed by atoms with van der Waals surface area (Å²) < 4.78 is 12.3. The molecule has 0 saturated carbocycles. The first-order valence-corrected chi connectivity index (χ1v) is 9.78. The average molecular weight is 414 g/mol. The molecule has 7 nitrogen and oxygen atoms in total. The number of aromatic nitrogens is 1. The van der Waals surface area contributed by atoms with Crippen molar-refractivity contribution in [2.75, 3.05) is 13.7 Å². The number of rotatable bonds is 5. The van der Waals surface area contributed by atoms with Crippen LogP contribution in [-0.2, 0) is 14.3 Å². The van der Waals surface area contributed by atoms with Crippen LogP contribution in [0, 0.1) is 0 Å². The molecule has 0 radical (unpaired) electrons. The molecule has 0 aliphatic carbocycles. The van der Waals surface area contributed by atoms with Gasteiger partial charge in [0.25, 0.3) is 11.1 Å². The van der Waals surface area contributed by atoms with E-state index in [9.17, 15) is 14.4 Å². The van der Waals surface area contributed by atoms with Crippen LogP contribution in [0.25, 0.3) is 11.8 Å². The number of carbonyl (C=O) groups is 3. The van der Waals surface area contributed by atoms with Gasteiger partial charge in [0.05, 0.1) is 12.0 Å². The molecule has 1 aromatic carbocycles. The smallest absolute Gasteiger partial charge is 0.326 e. The van der Waals surface area contributed by atoms with E-state index in [1.807, 2.05) is 47.2 Å². The summed E-state index contributed by atoms with van der Waals surface area (Å²) in [4.78, 5) is 38.1. The molecule has 2 heterocycles. The molecule has 0 unspecified atom stereocenters. The highest BCUT2D eigenvalue weighted by Gasteiger charge is 2.37. The summed E-state index contributed by atoms with van der Waals surface area (Å²) in [5.41, 5.74) is 0.932. The molecule has 0 bridgehead atoms. The van der Waals surface area contributed by atoms with E-state index in [0.29, 0.717) is 0 Å². The number of benzene rings is 1. The van der Waals surface area contributed by atoms with Crippen LogP contribution in [0.5, 0.6) is 5.75 Å². The van der Waals surface area contributed by atoms with Crippen LogP contribution >= 0.6 is 11.8 Å². The van der Waals surface area contributed by atoms with Gasteiger partial charge in [-0.15, -0.1) is 0 Å². The largest absolute Gasteiger partial charge is 0.497 e. The van der Waals surface area contributed by atoms with Crippen molar-refractivity contribution in [2.24, 2.45) is 0 Å². The highest BCUT2D eigenvalue weighted by molar-refractivity contribution is 8.18. The average Bonchev–Trinajstić information content (AvgIpc) is 3.21. The molecule has 0 atom stereocenters. The molecule has 8 heteroatoms. The molecule has 1 aromatic heterocycles. The zero-order valence-electron chi connectivity index (χ0n) is 16.7. The molecule has 2 amide bonds. The highest BCUT2D eigenvalue weighted by atomic mass is 32.2. The van der Waals surface area contributed by atoms with Crippen molar-refractivity contribution in [3.8, 4) is 11.4 Å². The number of esters is 1. The van der Waals surface area contributed by atoms with Crippen LogP contribution in [0.1, 0.15) is 26.5 Å². The van der Waals surface area contributed by atoms with E-state index in [1.54, 1.807) is 34.0 Å². The molecule has 1 saturated heterocycles. The fraction of sp³-hybridized carbons (Fsp3) is 0.286. The van der Waals surface area contributed by atoms with Gasteiger partial charge in [-0.05, 0) is 75.0 Å². The number of nitrogens with zero attached hydrogens (tertiary/aromatic N) is 2. The third-order valence-electron chi connectivity index (χ3n) is 3.99. The minimum atomic E-state index is -0.687. The topological polar surface area (TPSA) is 77.8 Å². The van der Waals surface area contributed by atoms with Gasteiger partial charge < -0.3 is 14.0 Å². The maximum Gasteiger partial charge on any atom is 0.326 e. The van der Waals surface area contributed by atoms with Gasteiger partial charge in [-0.25, -0.2) is 0 Å². The number of methoxy groups -OCH3 is 1. The zero-order chi connectivity index (χ0) is 21.2. The maximum absolute atomic E-state index is 12.7. The van der Waals surface area contributed by atoms with Crippen molar-refractivity contribution < 1.29 is 23.9 Å². The molecule has 0 spiro atoms. The van der Waals surface area contributed by atoms with E-state index in [4.69, 9.17) is 9.47 Å². The quantitative estimate of drug-likeness (QED) is 0.546. The van der Waals surface area contributed by atoms with Crippen LogP contribution in [0.2, 0.25) is 0 Å². The number of amides is 2. The number of carbonyl (C=O) groups excluding carboxylic acids is 3. The summed E-state index contributed by atoms with van der Waals surface area (Å²) in [7, 11) is 1.60. The Bertz CT molecular complexity index is 970. The highest BCUT2D eigenvalue weighted by Crippen LogP contribution is 2.32. The lowest BCUT2D eigenvalue weighted by atomic mass is 10.2. The van der Waals surface area contributed by atoms with Crippen LogP contribution in [0.4, 0.5) is 4.79 Å². The molecule has 152 valence electrons. The van der Waals surface area contributed by atoms with Crippen molar-refractivity contribution in [3.05, 3.63) is 53.2 Å². The standard InChI is InChI=1S/C21H22N2O5S/c1-21(2,3)28-18(24)13-23-19(25)17(29-20(23)26)12-15-6-5-11-22(15)14-7-9-16(27-4)10-8-14/h5-12H,13H2,1-4H3/b17-12-. The van der Waals surface area contributed by atoms with E-state index >= 15 is 0 Å². The van der Waals surface area contributed by atoms with Crippen LogP contribution in [-0.4, -0.2) is 45.8 Å². The summed E-state index contributed by atoms with van der Waals surface area (Å²) >= 11 is 0.807. The van der Waals surface area contributed by atoms with Crippen LogP contribution in [0.15, 0.2) is 47.5 Å². The molecular weight excluding hydrogens is 392 g/mol. The predicted octanol–water partition coefficient (Wildman–Crippen LogP) is 3.86. The Morgan fingerprint density at radius 2 is 1.83 bits per heavy atom. The minimum Gasteiger partial charge on any atom is -0.497 e. The van der Waals surface area contributed by atoms with Gasteiger partial charge in [-0.3, -0.25) is 19.3 Å². The molecule has 1 aliphatic heterocycles. The van der Waals surface area contributed by atoms with Crippen molar-refractivity contribution >= 4 is 35.0 Å². The summed E-state index contributed by atoms with van der Waals surface area (Å²) in [6.07, 6.45) is 3.50. The number of hydrogen-bond donors (Lipinski definition) is 0. The SMILES string of the molecule is COc1ccc(-n2cccc2/C=C2\SC(=O)N(CC(=O)OC(C)(C)C)C2=O)cc1. The second-order valence-corrected chi connectivity index (χ2v) is 8.35.